The summed E-state index contributed by atoms with van der Waals surface area (Å²) in [5.74, 6) is -0.363. The molecule has 5 nitrogen and oxygen atoms in total. The van der Waals surface area contributed by atoms with Crippen LogP contribution >= 0.6 is 23.5 Å². The Morgan fingerprint density at radius 2 is 1.97 bits per heavy atom. The van der Waals surface area contributed by atoms with E-state index in [-0.39, 0.29) is 23.0 Å². The highest BCUT2D eigenvalue weighted by Gasteiger charge is 2.27. The van der Waals surface area contributed by atoms with E-state index >= 15 is 0 Å². The van der Waals surface area contributed by atoms with Crippen LogP contribution in [-0.2, 0) is 17.8 Å². The number of nitrogens with zero attached hydrogens (tertiary/aromatic N) is 2. The summed E-state index contributed by atoms with van der Waals surface area (Å²) in [5.41, 5.74) is 2.26. The zero-order valence-corrected chi connectivity index (χ0v) is 17.9. The van der Waals surface area contributed by atoms with Crippen LogP contribution in [0.15, 0.2) is 69.4 Å². The molecule has 0 aliphatic carbocycles. The molecule has 3 aromatic rings. The van der Waals surface area contributed by atoms with Crippen LogP contribution in [0.25, 0.3) is 5.69 Å². The molecule has 0 saturated carbocycles. The fourth-order valence-electron chi connectivity index (χ4n) is 3.19. The van der Waals surface area contributed by atoms with Crippen LogP contribution in [0.2, 0.25) is 0 Å². The number of hydrogen-bond donors (Lipinski definition) is 1. The van der Waals surface area contributed by atoms with E-state index in [9.17, 15) is 14.0 Å². The van der Waals surface area contributed by atoms with Crippen molar-refractivity contribution >= 4 is 29.4 Å². The van der Waals surface area contributed by atoms with E-state index in [0.717, 1.165) is 23.4 Å². The fraction of sp³-hybridized carbons (Fsp3) is 0.227. The van der Waals surface area contributed by atoms with Gasteiger partial charge in [-0.3, -0.25) is 14.2 Å². The molecular weight excluding hydrogens is 421 g/mol. The highest BCUT2D eigenvalue weighted by Crippen LogP contribution is 2.34. The first-order valence-electron chi connectivity index (χ1n) is 9.53. The number of benzene rings is 2. The monoisotopic (exact) mass is 441 g/mol. The molecule has 154 valence electrons. The quantitative estimate of drug-likeness (QED) is 0.465. The number of aromatic nitrogens is 2. The van der Waals surface area contributed by atoms with Crippen molar-refractivity contribution in [2.45, 2.75) is 35.2 Å². The number of fused-ring (bicyclic) bond motifs is 1. The summed E-state index contributed by atoms with van der Waals surface area (Å²) in [6.07, 6.45) is 0.745. The van der Waals surface area contributed by atoms with E-state index in [0.29, 0.717) is 21.8 Å². The molecule has 2 aromatic carbocycles. The second-order valence-corrected chi connectivity index (χ2v) is 9.36. The van der Waals surface area contributed by atoms with Gasteiger partial charge in [-0.2, -0.15) is 0 Å². The number of hydrogen-bond acceptors (Lipinski definition) is 5. The van der Waals surface area contributed by atoms with E-state index < -0.39 is 0 Å². The number of halogens is 1. The fourth-order valence-corrected chi connectivity index (χ4v) is 5.14. The topological polar surface area (TPSA) is 64.0 Å². The third kappa shape index (κ3) is 4.60. The number of carbonyl (C=O) groups excluding carboxylic acids is 1. The Kier molecular flexibility index (Phi) is 6.24. The van der Waals surface area contributed by atoms with Gasteiger partial charge in [-0.15, -0.1) is 11.8 Å². The molecular formula is C22H20FN3O2S2. The summed E-state index contributed by atoms with van der Waals surface area (Å²) in [7, 11) is 0. The number of para-hydroxylation sites is 1. The maximum Gasteiger partial charge on any atom is 0.272 e. The maximum absolute atomic E-state index is 13.2. The SMILES string of the molecule is CC1Cc2nc(SCC(=O)NCc3ccc(F)cc3)n(-c3ccccc3)c(=O)c2S1. The third-order valence-electron chi connectivity index (χ3n) is 4.63. The molecule has 0 spiro atoms. The Balaban J connectivity index is 1.52. The van der Waals surface area contributed by atoms with Crippen molar-refractivity contribution in [1.29, 1.82) is 0 Å². The number of nitrogens with one attached hydrogen (secondary N) is 1. The van der Waals surface area contributed by atoms with Crippen molar-refractivity contribution in [3.63, 3.8) is 0 Å². The second kappa shape index (κ2) is 9.06. The average Bonchev–Trinajstić information content (AvgIpc) is 3.13. The molecule has 0 fully saturated rings. The Morgan fingerprint density at radius 1 is 1.23 bits per heavy atom. The van der Waals surface area contributed by atoms with E-state index in [2.05, 4.69) is 12.2 Å². The van der Waals surface area contributed by atoms with Gasteiger partial charge >= 0.3 is 0 Å². The molecule has 1 atom stereocenters. The number of rotatable bonds is 6. The van der Waals surface area contributed by atoms with Crippen molar-refractivity contribution in [3.8, 4) is 5.69 Å². The summed E-state index contributed by atoms with van der Waals surface area (Å²) in [4.78, 5) is 30.9. The first kappa shape index (κ1) is 20.7. The first-order chi connectivity index (χ1) is 14.5. The number of amides is 1. The van der Waals surface area contributed by atoms with E-state index in [4.69, 9.17) is 4.98 Å². The molecule has 1 aromatic heterocycles. The van der Waals surface area contributed by atoms with Gasteiger partial charge in [0.2, 0.25) is 5.91 Å². The van der Waals surface area contributed by atoms with E-state index in [1.165, 1.54) is 23.9 Å². The smallest absolute Gasteiger partial charge is 0.272 e. The van der Waals surface area contributed by atoms with Crippen LogP contribution < -0.4 is 10.9 Å². The molecule has 0 saturated heterocycles. The number of thioether (sulfide) groups is 2. The van der Waals surface area contributed by atoms with Crippen LogP contribution in [0, 0.1) is 5.82 Å². The highest BCUT2D eigenvalue weighted by atomic mass is 32.2. The van der Waals surface area contributed by atoms with Crippen molar-refractivity contribution in [1.82, 2.24) is 14.9 Å². The summed E-state index contributed by atoms with van der Waals surface area (Å²) in [6, 6.07) is 15.3. The lowest BCUT2D eigenvalue weighted by Gasteiger charge is -2.13. The van der Waals surface area contributed by atoms with Crippen LogP contribution in [0.4, 0.5) is 4.39 Å². The van der Waals surface area contributed by atoms with Gasteiger partial charge in [0, 0.05) is 18.2 Å². The van der Waals surface area contributed by atoms with Gasteiger partial charge in [0.15, 0.2) is 5.16 Å². The normalized spacial score (nSPS) is 15.1. The van der Waals surface area contributed by atoms with Crippen molar-refractivity contribution in [2.24, 2.45) is 0 Å². The van der Waals surface area contributed by atoms with Gasteiger partial charge in [-0.25, -0.2) is 9.37 Å². The first-order valence-corrected chi connectivity index (χ1v) is 11.4. The third-order valence-corrected chi connectivity index (χ3v) is 6.78. The van der Waals surface area contributed by atoms with Gasteiger partial charge in [0.1, 0.15) is 5.82 Å². The van der Waals surface area contributed by atoms with Crippen LogP contribution in [-0.4, -0.2) is 26.5 Å². The molecule has 2 heterocycles. The van der Waals surface area contributed by atoms with Crippen LogP contribution in [0.5, 0.6) is 0 Å². The molecule has 1 aliphatic rings. The Hall–Kier alpha value is -2.58. The minimum atomic E-state index is -0.310. The second-order valence-electron chi connectivity index (χ2n) is 6.97. The predicted molar refractivity (Wildman–Crippen MR) is 118 cm³/mol. The summed E-state index contributed by atoms with van der Waals surface area (Å²) >= 11 is 2.79. The lowest BCUT2D eigenvalue weighted by atomic mass is 10.2. The van der Waals surface area contributed by atoms with Gasteiger partial charge in [-0.05, 0) is 29.8 Å². The molecule has 1 aliphatic heterocycles. The average molecular weight is 442 g/mol. The van der Waals surface area contributed by atoms with Crippen molar-refractivity contribution in [2.75, 3.05) is 5.75 Å². The van der Waals surface area contributed by atoms with Crippen molar-refractivity contribution in [3.05, 3.63) is 82.0 Å². The largest absolute Gasteiger partial charge is 0.351 e. The minimum absolute atomic E-state index is 0.0882. The summed E-state index contributed by atoms with van der Waals surface area (Å²) in [6.45, 7) is 2.39. The Morgan fingerprint density at radius 3 is 2.70 bits per heavy atom. The molecule has 1 N–H and O–H groups in total. The standard InChI is InChI=1S/C22H20FN3O2S2/c1-14-11-18-20(30-14)21(28)26(17-5-3-2-4-6-17)22(25-18)29-13-19(27)24-12-15-7-9-16(23)10-8-15/h2-10,14H,11-13H2,1H3,(H,24,27). The predicted octanol–water partition coefficient (Wildman–Crippen LogP) is 3.82. The summed E-state index contributed by atoms with van der Waals surface area (Å²) in [5, 5.41) is 3.64. The van der Waals surface area contributed by atoms with Gasteiger partial charge in [-0.1, -0.05) is 49.0 Å². The zero-order valence-electron chi connectivity index (χ0n) is 16.3. The Labute approximate surface area is 182 Å². The highest BCUT2D eigenvalue weighted by molar-refractivity contribution is 8.00. The van der Waals surface area contributed by atoms with Gasteiger partial charge in [0.05, 0.1) is 22.0 Å². The lowest BCUT2D eigenvalue weighted by Crippen LogP contribution is -2.27. The lowest BCUT2D eigenvalue weighted by molar-refractivity contribution is -0.118. The molecule has 8 heteroatoms. The molecule has 4 rings (SSSR count). The molecule has 1 unspecified atom stereocenters. The number of carbonyl (C=O) groups is 1. The van der Waals surface area contributed by atoms with Gasteiger partial charge < -0.3 is 5.32 Å². The summed E-state index contributed by atoms with van der Waals surface area (Å²) < 4.78 is 14.6. The van der Waals surface area contributed by atoms with E-state index in [1.807, 2.05) is 30.3 Å². The molecule has 0 radical (unpaired) electrons. The maximum atomic E-state index is 13.2. The van der Waals surface area contributed by atoms with Crippen LogP contribution in [0.1, 0.15) is 18.2 Å². The molecule has 0 bridgehead atoms. The van der Waals surface area contributed by atoms with Gasteiger partial charge in [0.25, 0.3) is 5.56 Å². The molecule has 1 amide bonds. The molecule has 30 heavy (non-hydrogen) atoms. The zero-order chi connectivity index (χ0) is 21.1. The Bertz CT molecular complexity index is 1120. The minimum Gasteiger partial charge on any atom is -0.351 e. The van der Waals surface area contributed by atoms with Crippen molar-refractivity contribution < 1.29 is 9.18 Å². The van der Waals surface area contributed by atoms with Crippen LogP contribution in [0.3, 0.4) is 0 Å². The van der Waals surface area contributed by atoms with E-state index in [1.54, 1.807) is 28.5 Å².